The van der Waals surface area contributed by atoms with E-state index in [1.165, 1.54) is 0 Å². The molecule has 5 heteroatoms. The summed E-state index contributed by atoms with van der Waals surface area (Å²) >= 11 is 0. The summed E-state index contributed by atoms with van der Waals surface area (Å²) in [4.78, 5) is 9.63. The number of aromatic amines is 1. The van der Waals surface area contributed by atoms with Crippen LogP contribution in [-0.2, 0) is 0 Å². The number of nitriles is 1. The summed E-state index contributed by atoms with van der Waals surface area (Å²) in [5.41, 5.74) is 2.21. The van der Waals surface area contributed by atoms with E-state index in [0.717, 1.165) is 42.8 Å². The van der Waals surface area contributed by atoms with Gasteiger partial charge in [-0.2, -0.15) is 5.26 Å². The summed E-state index contributed by atoms with van der Waals surface area (Å²) in [7, 11) is 0. The maximum atomic E-state index is 9.53. The molecular formula is C13H14N4O. The van der Waals surface area contributed by atoms with Gasteiger partial charge >= 0.3 is 0 Å². The molecule has 1 aliphatic rings. The lowest BCUT2D eigenvalue weighted by molar-refractivity contribution is 0.145. The highest BCUT2D eigenvalue weighted by Crippen LogP contribution is 2.28. The number of piperidine rings is 1. The van der Waals surface area contributed by atoms with Crippen molar-refractivity contribution in [2.45, 2.75) is 18.9 Å². The highest BCUT2D eigenvalue weighted by Gasteiger charge is 2.22. The summed E-state index contributed by atoms with van der Waals surface area (Å²) in [6, 6.07) is 6.00. The van der Waals surface area contributed by atoms with E-state index in [9.17, 15) is 10.4 Å². The minimum atomic E-state index is -0.214. The van der Waals surface area contributed by atoms with E-state index in [2.05, 4.69) is 20.9 Å². The van der Waals surface area contributed by atoms with Crippen LogP contribution in [0.2, 0.25) is 0 Å². The van der Waals surface area contributed by atoms with Crippen LogP contribution >= 0.6 is 0 Å². The summed E-state index contributed by atoms with van der Waals surface area (Å²) in [6.45, 7) is 1.53. The molecule has 0 bridgehead atoms. The molecule has 0 unspecified atom stereocenters. The van der Waals surface area contributed by atoms with Crippen molar-refractivity contribution in [1.82, 2.24) is 9.97 Å². The van der Waals surface area contributed by atoms with Crippen molar-refractivity contribution in [3.8, 4) is 6.07 Å². The van der Waals surface area contributed by atoms with Gasteiger partial charge in [-0.1, -0.05) is 0 Å². The first-order valence-electron chi connectivity index (χ1n) is 6.09. The minimum absolute atomic E-state index is 0.214. The van der Waals surface area contributed by atoms with Crippen LogP contribution in [0, 0.1) is 11.3 Å². The van der Waals surface area contributed by atoms with E-state index in [0.29, 0.717) is 5.56 Å². The largest absolute Gasteiger partial charge is 0.393 e. The van der Waals surface area contributed by atoms with Crippen molar-refractivity contribution in [1.29, 1.82) is 5.26 Å². The molecule has 0 aromatic carbocycles. The molecule has 3 heterocycles. The Morgan fingerprint density at radius 1 is 1.44 bits per heavy atom. The van der Waals surface area contributed by atoms with Crippen LogP contribution in [0.4, 0.5) is 5.82 Å². The molecule has 0 aliphatic carbocycles. The Kier molecular flexibility index (Phi) is 2.65. The number of H-pyrrole nitrogens is 1. The topological polar surface area (TPSA) is 75.9 Å². The zero-order chi connectivity index (χ0) is 12.5. The normalized spacial score (nSPS) is 17.0. The number of aliphatic hydroxyl groups excluding tert-OH is 1. The molecule has 92 valence electrons. The van der Waals surface area contributed by atoms with Gasteiger partial charge in [0.25, 0.3) is 0 Å². The Morgan fingerprint density at radius 3 is 2.94 bits per heavy atom. The number of rotatable bonds is 1. The second-order valence-electron chi connectivity index (χ2n) is 4.58. The second kappa shape index (κ2) is 4.31. The Bertz CT molecular complexity index is 605. The standard InChI is InChI=1S/C13H14N4O/c14-8-10-12-11(2-1-5-15-12)16-13(10)17-6-3-9(18)4-7-17/h1-2,5,9,16,18H,3-4,6-7H2. The fourth-order valence-corrected chi connectivity index (χ4v) is 2.44. The number of hydrogen-bond acceptors (Lipinski definition) is 4. The quantitative estimate of drug-likeness (QED) is 0.792. The van der Waals surface area contributed by atoms with Gasteiger partial charge in [0.1, 0.15) is 23.0 Å². The second-order valence-corrected chi connectivity index (χ2v) is 4.58. The van der Waals surface area contributed by atoms with Crippen molar-refractivity contribution in [2.75, 3.05) is 18.0 Å². The number of pyridine rings is 1. The molecule has 0 radical (unpaired) electrons. The van der Waals surface area contributed by atoms with Crippen molar-refractivity contribution < 1.29 is 5.11 Å². The van der Waals surface area contributed by atoms with E-state index in [-0.39, 0.29) is 6.10 Å². The third-order valence-corrected chi connectivity index (χ3v) is 3.43. The lowest BCUT2D eigenvalue weighted by atomic mass is 10.1. The Labute approximate surface area is 105 Å². The van der Waals surface area contributed by atoms with Gasteiger partial charge in [0.2, 0.25) is 0 Å². The van der Waals surface area contributed by atoms with Gasteiger partial charge in [-0.25, -0.2) is 0 Å². The highest BCUT2D eigenvalue weighted by molar-refractivity contribution is 5.88. The fourth-order valence-electron chi connectivity index (χ4n) is 2.44. The summed E-state index contributed by atoms with van der Waals surface area (Å²) < 4.78 is 0. The van der Waals surface area contributed by atoms with Crippen molar-refractivity contribution in [3.63, 3.8) is 0 Å². The predicted molar refractivity (Wildman–Crippen MR) is 68.3 cm³/mol. The number of aromatic nitrogens is 2. The summed E-state index contributed by atoms with van der Waals surface area (Å²) in [6.07, 6.45) is 2.97. The lowest BCUT2D eigenvalue weighted by Crippen LogP contribution is -2.36. The molecule has 0 spiro atoms. The van der Waals surface area contributed by atoms with Gasteiger partial charge in [-0.3, -0.25) is 4.98 Å². The Morgan fingerprint density at radius 2 is 2.22 bits per heavy atom. The highest BCUT2D eigenvalue weighted by atomic mass is 16.3. The van der Waals surface area contributed by atoms with Crippen LogP contribution in [0.3, 0.4) is 0 Å². The SMILES string of the molecule is N#Cc1c(N2CCC(O)CC2)[nH]c2cccnc12. The van der Waals surface area contributed by atoms with Crippen LogP contribution in [0.15, 0.2) is 18.3 Å². The van der Waals surface area contributed by atoms with Crippen LogP contribution < -0.4 is 4.90 Å². The maximum absolute atomic E-state index is 9.53. The van der Waals surface area contributed by atoms with Crippen LogP contribution in [0.1, 0.15) is 18.4 Å². The molecule has 0 atom stereocenters. The molecule has 1 fully saturated rings. The first kappa shape index (κ1) is 11.1. The number of nitrogens with one attached hydrogen (secondary N) is 1. The zero-order valence-corrected chi connectivity index (χ0v) is 9.93. The lowest BCUT2D eigenvalue weighted by Gasteiger charge is -2.30. The van der Waals surface area contributed by atoms with E-state index < -0.39 is 0 Å². The molecular weight excluding hydrogens is 228 g/mol. The number of nitrogens with zero attached hydrogens (tertiary/aromatic N) is 3. The van der Waals surface area contributed by atoms with E-state index in [4.69, 9.17) is 0 Å². The minimum Gasteiger partial charge on any atom is -0.393 e. The predicted octanol–water partition coefficient (Wildman–Crippen LogP) is 1.40. The third-order valence-electron chi connectivity index (χ3n) is 3.43. The van der Waals surface area contributed by atoms with E-state index in [1.54, 1.807) is 6.20 Å². The number of fused-ring (bicyclic) bond motifs is 1. The molecule has 2 aromatic rings. The Hall–Kier alpha value is -2.06. The van der Waals surface area contributed by atoms with Gasteiger partial charge < -0.3 is 15.0 Å². The van der Waals surface area contributed by atoms with E-state index in [1.807, 2.05) is 12.1 Å². The van der Waals surface area contributed by atoms with Crippen LogP contribution in [-0.4, -0.2) is 34.3 Å². The first-order valence-corrected chi connectivity index (χ1v) is 6.09. The molecule has 2 aromatic heterocycles. The summed E-state index contributed by atoms with van der Waals surface area (Å²) in [5.74, 6) is 0.832. The Balaban J connectivity index is 2.04. The van der Waals surface area contributed by atoms with Gasteiger partial charge in [-0.05, 0) is 25.0 Å². The molecule has 0 amide bonds. The molecule has 18 heavy (non-hydrogen) atoms. The number of aliphatic hydroxyl groups is 1. The summed E-state index contributed by atoms with van der Waals surface area (Å²) in [5, 5.41) is 18.8. The molecule has 1 aliphatic heterocycles. The van der Waals surface area contributed by atoms with Gasteiger partial charge in [0.15, 0.2) is 0 Å². The van der Waals surface area contributed by atoms with Gasteiger partial charge in [0, 0.05) is 19.3 Å². The maximum Gasteiger partial charge on any atom is 0.126 e. The molecule has 0 saturated carbocycles. The van der Waals surface area contributed by atoms with Crippen molar-refractivity contribution in [3.05, 3.63) is 23.9 Å². The van der Waals surface area contributed by atoms with Gasteiger partial charge in [-0.15, -0.1) is 0 Å². The molecule has 3 rings (SSSR count). The average molecular weight is 242 g/mol. The smallest absolute Gasteiger partial charge is 0.126 e. The monoisotopic (exact) mass is 242 g/mol. The number of hydrogen-bond donors (Lipinski definition) is 2. The van der Waals surface area contributed by atoms with E-state index >= 15 is 0 Å². The third kappa shape index (κ3) is 1.71. The van der Waals surface area contributed by atoms with Gasteiger partial charge in [0.05, 0.1) is 11.6 Å². The molecule has 1 saturated heterocycles. The fraction of sp³-hybridized carbons (Fsp3) is 0.385. The van der Waals surface area contributed by atoms with Crippen LogP contribution in [0.5, 0.6) is 0 Å². The zero-order valence-electron chi connectivity index (χ0n) is 9.93. The number of anilines is 1. The van der Waals surface area contributed by atoms with Crippen molar-refractivity contribution >= 4 is 16.9 Å². The van der Waals surface area contributed by atoms with Crippen molar-refractivity contribution in [2.24, 2.45) is 0 Å². The first-order chi connectivity index (χ1) is 8.79. The average Bonchev–Trinajstić information content (AvgIpc) is 2.78. The molecule has 2 N–H and O–H groups in total. The van der Waals surface area contributed by atoms with Crippen LogP contribution in [0.25, 0.3) is 11.0 Å². The molecule has 5 nitrogen and oxygen atoms in total.